The van der Waals surface area contributed by atoms with Crippen LogP contribution >= 0.6 is 11.3 Å². The number of anilines is 1. The second-order valence-corrected chi connectivity index (χ2v) is 15.6. The lowest BCUT2D eigenvalue weighted by molar-refractivity contribution is -0.162. The normalized spacial score (nSPS) is 18.2. The Hall–Kier alpha value is -4.42. The van der Waals surface area contributed by atoms with Gasteiger partial charge >= 0.3 is 5.97 Å². The van der Waals surface area contributed by atoms with Crippen molar-refractivity contribution in [3.05, 3.63) is 94.2 Å². The number of likely N-dealkylation sites (N-methyl/N-ethyl adjacent to an activating group) is 1. The second-order valence-electron chi connectivity index (χ2n) is 14.5. The number of hydrogen-bond donors (Lipinski definition) is 1. The number of carbonyl (C=O) groups excluding carboxylic acids is 3. The summed E-state index contributed by atoms with van der Waals surface area (Å²) in [5.74, 6) is -0.757. The van der Waals surface area contributed by atoms with E-state index in [1.54, 1.807) is 41.3 Å². The summed E-state index contributed by atoms with van der Waals surface area (Å²) < 4.78 is 28.6. The molecule has 5 rings (SSSR count). The van der Waals surface area contributed by atoms with E-state index in [1.165, 1.54) is 18.2 Å². The lowest BCUT2D eigenvalue weighted by Crippen LogP contribution is -2.42. The number of fused-ring (bicyclic) bond motifs is 1. The maximum atomic E-state index is 13.3. The zero-order valence-corrected chi connectivity index (χ0v) is 30.2. The molecule has 2 aromatic heterocycles. The van der Waals surface area contributed by atoms with Crippen molar-refractivity contribution in [1.82, 2.24) is 19.5 Å². The molecule has 0 bridgehead atoms. The third kappa shape index (κ3) is 8.30. The van der Waals surface area contributed by atoms with E-state index in [1.807, 2.05) is 35.8 Å². The summed E-state index contributed by atoms with van der Waals surface area (Å²) in [7, 11) is 1.76. The van der Waals surface area contributed by atoms with Crippen molar-refractivity contribution in [3.63, 3.8) is 0 Å². The molecule has 1 N–H and O–H groups in total. The first-order valence-electron chi connectivity index (χ1n) is 16.7. The van der Waals surface area contributed by atoms with Crippen LogP contribution in [0.15, 0.2) is 73.3 Å². The van der Waals surface area contributed by atoms with Gasteiger partial charge in [-0.25, -0.2) is 18.6 Å². The van der Waals surface area contributed by atoms with E-state index < -0.39 is 18.3 Å². The first kappa shape index (κ1) is 36.9. The second kappa shape index (κ2) is 14.8. The van der Waals surface area contributed by atoms with E-state index in [0.29, 0.717) is 30.1 Å². The highest BCUT2D eigenvalue weighted by Gasteiger charge is 2.42. The van der Waals surface area contributed by atoms with Crippen LogP contribution < -0.4 is 5.32 Å². The van der Waals surface area contributed by atoms with Crippen LogP contribution in [0.4, 0.5) is 14.7 Å². The Balaban J connectivity index is 1.44. The number of benzene rings is 2. The van der Waals surface area contributed by atoms with Gasteiger partial charge < -0.3 is 14.3 Å². The summed E-state index contributed by atoms with van der Waals surface area (Å²) in [6.07, 6.45) is 1.03. The largest absolute Gasteiger partial charge is 0.363 e. The molecule has 2 heterocycles. The molecular weight excluding hydrogens is 661 g/mol. The molecule has 1 aliphatic rings. The van der Waals surface area contributed by atoms with Gasteiger partial charge in [0.15, 0.2) is 0 Å². The van der Waals surface area contributed by atoms with Crippen LogP contribution in [0, 0.1) is 10.8 Å². The number of nitrogens with one attached hydrogen (secondary N) is 1. The van der Waals surface area contributed by atoms with E-state index in [2.05, 4.69) is 39.6 Å². The average Bonchev–Trinajstić information content (AvgIpc) is 3.70. The highest BCUT2D eigenvalue weighted by Crippen LogP contribution is 2.52. The maximum Gasteiger partial charge on any atom is 0.357 e. The number of amides is 2. The molecular formula is C38H45F2N5O4S. The van der Waals surface area contributed by atoms with Crippen LogP contribution in [0.5, 0.6) is 0 Å². The Morgan fingerprint density at radius 3 is 2.46 bits per heavy atom. The Labute approximate surface area is 295 Å². The van der Waals surface area contributed by atoms with E-state index >= 15 is 0 Å². The summed E-state index contributed by atoms with van der Waals surface area (Å²) >= 11 is 0.754. The Morgan fingerprint density at radius 2 is 1.84 bits per heavy atom. The molecule has 2 aromatic carbocycles. The SMILES string of the molecule is C=CC(=O)N(C)CCC1(C)CC(n2c(NC(=O)c3ccc(C(F)F)s3)nc3cc(CN(OC(=O)c4ccccc4)[C@@H](C)C(C)(C)C)ccc32)C1. The number of alkyl halides is 2. The number of imidazole rings is 1. The molecule has 2 amide bonds. The van der Waals surface area contributed by atoms with E-state index in [0.717, 1.165) is 41.7 Å². The van der Waals surface area contributed by atoms with Gasteiger partial charge in [-0.05, 0) is 85.1 Å². The van der Waals surface area contributed by atoms with Crippen molar-refractivity contribution < 1.29 is 28.0 Å². The van der Waals surface area contributed by atoms with Crippen molar-refractivity contribution in [2.75, 3.05) is 18.9 Å². The van der Waals surface area contributed by atoms with Gasteiger partial charge in [-0.15, -0.1) is 16.4 Å². The molecule has 0 spiro atoms. The van der Waals surface area contributed by atoms with Crippen LogP contribution in [0.25, 0.3) is 11.0 Å². The third-order valence-electron chi connectivity index (χ3n) is 9.70. The molecule has 0 aliphatic heterocycles. The number of hydroxylamine groups is 2. The average molecular weight is 706 g/mol. The van der Waals surface area contributed by atoms with Crippen molar-refractivity contribution in [2.24, 2.45) is 10.8 Å². The topological polar surface area (TPSA) is 96.8 Å². The van der Waals surface area contributed by atoms with Crippen LogP contribution in [0.3, 0.4) is 0 Å². The predicted octanol–water partition coefficient (Wildman–Crippen LogP) is 8.67. The molecule has 1 fully saturated rings. The Morgan fingerprint density at radius 1 is 1.14 bits per heavy atom. The zero-order valence-electron chi connectivity index (χ0n) is 29.4. The molecule has 12 heteroatoms. The minimum Gasteiger partial charge on any atom is -0.363 e. The monoisotopic (exact) mass is 705 g/mol. The summed E-state index contributed by atoms with van der Waals surface area (Å²) in [6, 6.07) is 17.2. The molecule has 4 aromatic rings. The zero-order chi connectivity index (χ0) is 36.4. The van der Waals surface area contributed by atoms with Crippen molar-refractivity contribution in [3.8, 4) is 0 Å². The molecule has 1 saturated carbocycles. The predicted molar refractivity (Wildman–Crippen MR) is 192 cm³/mol. The van der Waals surface area contributed by atoms with Gasteiger partial charge in [-0.2, -0.15) is 0 Å². The number of carbonyl (C=O) groups is 3. The molecule has 0 unspecified atom stereocenters. The lowest BCUT2D eigenvalue weighted by Gasteiger charge is -2.47. The van der Waals surface area contributed by atoms with E-state index in [4.69, 9.17) is 9.82 Å². The van der Waals surface area contributed by atoms with Gasteiger partial charge in [0.1, 0.15) is 0 Å². The quantitative estimate of drug-likeness (QED) is 0.111. The minimum atomic E-state index is -2.66. The fourth-order valence-electron chi connectivity index (χ4n) is 6.22. The summed E-state index contributed by atoms with van der Waals surface area (Å²) in [4.78, 5) is 50.9. The standard InChI is InChI=1S/C38H45F2N5O4S/c1-8-32(46)43(7)19-18-38(6)21-27(22-38)45-29-15-14-25(20-28(29)41-36(45)42-34(47)31-17-16-30(50-31)33(39)40)23-44(24(2)37(3,4)5)49-35(48)26-12-10-9-11-13-26/h8-17,20,24,27,33H,1,18-19,21-23H2,2-7H3,(H,41,42,47)/t24-,27?,38?/m0/s1. The number of rotatable bonds is 13. The van der Waals surface area contributed by atoms with Crippen molar-refractivity contribution in [1.29, 1.82) is 0 Å². The first-order valence-corrected chi connectivity index (χ1v) is 17.5. The molecule has 0 radical (unpaired) electrons. The molecule has 1 aliphatic carbocycles. The van der Waals surface area contributed by atoms with Crippen LogP contribution in [0.2, 0.25) is 0 Å². The van der Waals surface area contributed by atoms with Gasteiger partial charge in [-0.1, -0.05) is 58.5 Å². The molecule has 266 valence electrons. The molecule has 50 heavy (non-hydrogen) atoms. The molecule has 9 nitrogen and oxygen atoms in total. The number of thiophene rings is 1. The summed E-state index contributed by atoms with van der Waals surface area (Å²) in [5, 5.41) is 4.59. The smallest absolute Gasteiger partial charge is 0.357 e. The highest BCUT2D eigenvalue weighted by atomic mass is 32.1. The summed E-state index contributed by atoms with van der Waals surface area (Å²) in [6.45, 7) is 14.9. The fraction of sp³-hybridized carbons (Fsp3) is 0.421. The van der Waals surface area contributed by atoms with Gasteiger partial charge in [0.2, 0.25) is 11.9 Å². The number of halogens is 2. The number of nitrogens with zero attached hydrogens (tertiary/aromatic N) is 4. The number of hydrogen-bond acceptors (Lipinski definition) is 7. The Kier molecular flexibility index (Phi) is 10.9. The minimum absolute atomic E-state index is 0.00996. The van der Waals surface area contributed by atoms with Crippen molar-refractivity contribution in [2.45, 2.75) is 78.9 Å². The van der Waals surface area contributed by atoms with Gasteiger partial charge in [-0.3, -0.25) is 14.9 Å². The van der Waals surface area contributed by atoms with Crippen molar-refractivity contribution >= 4 is 46.1 Å². The van der Waals surface area contributed by atoms with Gasteiger partial charge in [0.05, 0.1) is 32.9 Å². The lowest BCUT2D eigenvalue weighted by atomic mass is 9.64. The molecule has 1 atom stereocenters. The van der Waals surface area contributed by atoms with Gasteiger partial charge in [0, 0.05) is 25.7 Å². The van der Waals surface area contributed by atoms with E-state index in [9.17, 15) is 23.2 Å². The fourth-order valence-corrected chi connectivity index (χ4v) is 6.98. The van der Waals surface area contributed by atoms with Crippen LogP contribution in [-0.4, -0.2) is 56.9 Å². The first-order chi connectivity index (χ1) is 23.6. The van der Waals surface area contributed by atoms with Crippen LogP contribution in [-0.2, 0) is 16.2 Å². The highest BCUT2D eigenvalue weighted by molar-refractivity contribution is 7.14. The number of aromatic nitrogens is 2. The van der Waals surface area contributed by atoms with E-state index in [-0.39, 0.29) is 38.6 Å². The molecule has 0 saturated heterocycles. The van der Waals surface area contributed by atoms with Crippen LogP contribution in [0.1, 0.15) is 96.8 Å². The third-order valence-corrected chi connectivity index (χ3v) is 10.8. The Bertz CT molecular complexity index is 1860. The summed E-state index contributed by atoms with van der Waals surface area (Å²) in [5.41, 5.74) is 2.50. The van der Waals surface area contributed by atoms with Gasteiger partial charge in [0.25, 0.3) is 12.3 Å². The maximum absolute atomic E-state index is 13.3.